The maximum atomic E-state index is 9.25. The quantitative estimate of drug-likeness (QED) is 0.714. The minimum absolute atomic E-state index is 0.267. The molecule has 0 bridgehead atoms. The molecule has 1 aromatic heterocycles. The van der Waals surface area contributed by atoms with Crippen molar-refractivity contribution in [2.45, 2.75) is 0 Å². The molecule has 0 aliphatic heterocycles. The lowest BCUT2D eigenvalue weighted by Gasteiger charge is -1.99. The molecule has 0 saturated carbocycles. The summed E-state index contributed by atoms with van der Waals surface area (Å²) in [5.74, 6) is 0.267. The number of phenols is 1. The van der Waals surface area contributed by atoms with E-state index in [1.807, 2.05) is 24.3 Å². The van der Waals surface area contributed by atoms with E-state index in [0.29, 0.717) is 0 Å². The molecule has 0 amide bonds. The summed E-state index contributed by atoms with van der Waals surface area (Å²) in [6, 6.07) is 12.8. The predicted molar refractivity (Wildman–Crippen MR) is 51.3 cm³/mol. The predicted octanol–water partition coefficient (Wildman–Crippen LogP) is 2.45. The van der Waals surface area contributed by atoms with Crippen LogP contribution < -0.4 is 0 Å². The maximum Gasteiger partial charge on any atom is 0.116 e. The third-order valence-electron chi connectivity index (χ3n) is 1.81. The number of nitrogens with zero attached hydrogens (tertiary/aromatic N) is 1. The van der Waals surface area contributed by atoms with Crippen LogP contribution >= 0.6 is 0 Å². The van der Waals surface area contributed by atoms with Gasteiger partial charge in [-0.15, -0.1) is 0 Å². The van der Waals surface area contributed by atoms with Crippen molar-refractivity contribution in [2.24, 2.45) is 0 Å². The summed E-state index contributed by atoms with van der Waals surface area (Å²) in [4.78, 5) is 4.18. The van der Waals surface area contributed by atoms with Crippen LogP contribution in [0, 0.1) is 0 Å². The Bertz CT molecular complexity index is 398. The summed E-state index contributed by atoms with van der Waals surface area (Å²) >= 11 is 0. The molecule has 0 fully saturated rings. The van der Waals surface area contributed by atoms with Gasteiger partial charge >= 0.3 is 0 Å². The lowest BCUT2D eigenvalue weighted by molar-refractivity contribution is 0.475. The number of pyridine rings is 1. The molecule has 0 aliphatic rings. The first-order chi connectivity index (χ1) is 6.36. The second kappa shape index (κ2) is 3.27. The molecule has 0 atom stereocenters. The average Bonchev–Trinajstić information content (AvgIpc) is 2.19. The summed E-state index contributed by atoms with van der Waals surface area (Å²) in [5.41, 5.74) is 1.80. The van der Waals surface area contributed by atoms with E-state index in [1.165, 1.54) is 0 Å². The molecule has 0 radical (unpaired) electrons. The number of hydrogen-bond donors (Lipinski definition) is 1. The van der Waals surface area contributed by atoms with E-state index in [0.717, 1.165) is 11.3 Å². The first-order valence-corrected chi connectivity index (χ1v) is 4.07. The van der Waals surface area contributed by atoms with Crippen molar-refractivity contribution in [3.05, 3.63) is 48.7 Å². The molecule has 0 aliphatic carbocycles. The Kier molecular flexibility index (Phi) is 1.96. The second-order valence-corrected chi connectivity index (χ2v) is 2.77. The molecule has 0 spiro atoms. The van der Waals surface area contributed by atoms with Crippen molar-refractivity contribution in [2.75, 3.05) is 0 Å². The molecule has 1 heterocycles. The van der Waals surface area contributed by atoms with Crippen molar-refractivity contribution < 1.29 is 5.11 Å². The van der Waals surface area contributed by atoms with Crippen LogP contribution in [0.3, 0.4) is 0 Å². The monoisotopic (exact) mass is 171 g/mol. The highest BCUT2D eigenvalue weighted by atomic mass is 16.3. The van der Waals surface area contributed by atoms with Gasteiger partial charge in [-0.05, 0) is 24.3 Å². The van der Waals surface area contributed by atoms with E-state index >= 15 is 0 Å². The van der Waals surface area contributed by atoms with E-state index in [-0.39, 0.29) is 5.75 Å². The van der Waals surface area contributed by atoms with Crippen LogP contribution in [-0.2, 0) is 0 Å². The molecule has 0 saturated heterocycles. The van der Waals surface area contributed by atoms with Crippen molar-refractivity contribution in [3.8, 4) is 17.0 Å². The molecule has 0 unspecified atom stereocenters. The Labute approximate surface area is 76.5 Å². The SMILES string of the molecule is Oc1cccc(-c2ccccn2)c1. The Hall–Kier alpha value is -1.83. The van der Waals surface area contributed by atoms with Crippen LogP contribution in [0.25, 0.3) is 11.3 Å². The Morgan fingerprint density at radius 2 is 1.92 bits per heavy atom. The zero-order valence-corrected chi connectivity index (χ0v) is 7.01. The zero-order chi connectivity index (χ0) is 9.10. The molecule has 2 heteroatoms. The average molecular weight is 171 g/mol. The van der Waals surface area contributed by atoms with E-state index in [2.05, 4.69) is 4.98 Å². The minimum Gasteiger partial charge on any atom is -0.508 e. The van der Waals surface area contributed by atoms with Gasteiger partial charge in [0, 0.05) is 11.8 Å². The van der Waals surface area contributed by atoms with Gasteiger partial charge in [0.25, 0.3) is 0 Å². The first kappa shape index (κ1) is 7.80. The molecule has 1 N–H and O–H groups in total. The molecule has 64 valence electrons. The third kappa shape index (κ3) is 1.67. The van der Waals surface area contributed by atoms with Gasteiger partial charge in [-0.3, -0.25) is 4.98 Å². The smallest absolute Gasteiger partial charge is 0.116 e. The number of aromatic hydroxyl groups is 1. The largest absolute Gasteiger partial charge is 0.508 e. The fourth-order valence-electron chi connectivity index (χ4n) is 1.20. The van der Waals surface area contributed by atoms with Crippen molar-refractivity contribution in [1.82, 2.24) is 4.98 Å². The fourth-order valence-corrected chi connectivity index (χ4v) is 1.20. The first-order valence-electron chi connectivity index (χ1n) is 4.07. The van der Waals surface area contributed by atoms with E-state index in [1.54, 1.807) is 24.4 Å². The van der Waals surface area contributed by atoms with Crippen LogP contribution in [0.5, 0.6) is 5.75 Å². The lowest BCUT2D eigenvalue weighted by atomic mass is 10.1. The molecule has 13 heavy (non-hydrogen) atoms. The minimum atomic E-state index is 0.267. The van der Waals surface area contributed by atoms with Crippen molar-refractivity contribution >= 4 is 0 Å². The number of hydrogen-bond acceptors (Lipinski definition) is 2. The summed E-state index contributed by atoms with van der Waals surface area (Å²) in [7, 11) is 0. The number of phenolic OH excluding ortho intramolecular Hbond substituents is 1. The van der Waals surface area contributed by atoms with Gasteiger partial charge in [0.2, 0.25) is 0 Å². The van der Waals surface area contributed by atoms with Crippen molar-refractivity contribution in [3.63, 3.8) is 0 Å². The van der Waals surface area contributed by atoms with E-state index in [9.17, 15) is 5.11 Å². The van der Waals surface area contributed by atoms with Gasteiger partial charge < -0.3 is 5.11 Å². The molecular formula is C11H9NO. The summed E-state index contributed by atoms with van der Waals surface area (Å²) in [5, 5.41) is 9.25. The fraction of sp³-hybridized carbons (Fsp3) is 0. The highest BCUT2D eigenvalue weighted by Gasteiger charge is 1.97. The van der Waals surface area contributed by atoms with Gasteiger partial charge in [-0.1, -0.05) is 18.2 Å². The van der Waals surface area contributed by atoms with E-state index < -0.39 is 0 Å². The van der Waals surface area contributed by atoms with Gasteiger partial charge in [0.05, 0.1) is 5.69 Å². The van der Waals surface area contributed by atoms with Crippen LogP contribution in [0.1, 0.15) is 0 Å². The van der Waals surface area contributed by atoms with Crippen LogP contribution in [-0.4, -0.2) is 10.1 Å². The number of aromatic nitrogens is 1. The topological polar surface area (TPSA) is 33.1 Å². The molecule has 1 aromatic carbocycles. The summed E-state index contributed by atoms with van der Waals surface area (Å²) in [6.07, 6.45) is 1.74. The zero-order valence-electron chi connectivity index (χ0n) is 7.01. The molecule has 2 nitrogen and oxygen atoms in total. The highest BCUT2D eigenvalue weighted by Crippen LogP contribution is 2.20. The van der Waals surface area contributed by atoms with Gasteiger partial charge in [-0.2, -0.15) is 0 Å². The van der Waals surface area contributed by atoms with Gasteiger partial charge in [-0.25, -0.2) is 0 Å². The summed E-state index contributed by atoms with van der Waals surface area (Å²) in [6.45, 7) is 0. The normalized spacial score (nSPS) is 9.85. The van der Waals surface area contributed by atoms with Gasteiger partial charge in [0.1, 0.15) is 5.75 Å². The van der Waals surface area contributed by atoms with Crippen LogP contribution in [0.15, 0.2) is 48.7 Å². The molecule has 2 aromatic rings. The number of rotatable bonds is 1. The highest BCUT2D eigenvalue weighted by molar-refractivity contribution is 5.60. The Balaban J connectivity index is 2.48. The van der Waals surface area contributed by atoms with Crippen LogP contribution in [0.2, 0.25) is 0 Å². The summed E-state index contributed by atoms with van der Waals surface area (Å²) < 4.78 is 0. The molecular weight excluding hydrogens is 162 g/mol. The van der Waals surface area contributed by atoms with Crippen molar-refractivity contribution in [1.29, 1.82) is 0 Å². The van der Waals surface area contributed by atoms with Crippen LogP contribution in [0.4, 0.5) is 0 Å². The Morgan fingerprint density at radius 3 is 2.62 bits per heavy atom. The second-order valence-electron chi connectivity index (χ2n) is 2.77. The lowest BCUT2D eigenvalue weighted by Crippen LogP contribution is -1.80. The third-order valence-corrected chi connectivity index (χ3v) is 1.81. The standard InChI is InChI=1S/C11H9NO/c13-10-5-3-4-9(8-10)11-6-1-2-7-12-11/h1-8,13H. The van der Waals surface area contributed by atoms with Gasteiger partial charge in [0.15, 0.2) is 0 Å². The maximum absolute atomic E-state index is 9.25. The van der Waals surface area contributed by atoms with E-state index in [4.69, 9.17) is 0 Å². The number of benzene rings is 1. The molecule has 2 rings (SSSR count). The Morgan fingerprint density at radius 1 is 1.00 bits per heavy atom.